The minimum atomic E-state index is -0.318. The highest BCUT2D eigenvalue weighted by molar-refractivity contribution is 5.94. The van der Waals surface area contributed by atoms with E-state index in [4.69, 9.17) is 0 Å². The van der Waals surface area contributed by atoms with E-state index in [2.05, 4.69) is 46.0 Å². The maximum Gasteiger partial charge on any atom is 0.253 e. The van der Waals surface area contributed by atoms with E-state index < -0.39 is 0 Å². The van der Waals surface area contributed by atoms with Crippen molar-refractivity contribution in [3.63, 3.8) is 0 Å². The molecular weight excluding hydrogens is 433 g/mol. The molecule has 1 aliphatic heterocycles. The smallest absolute Gasteiger partial charge is 0.253 e. The number of benzene rings is 2. The fourth-order valence-electron chi connectivity index (χ4n) is 4.14. The van der Waals surface area contributed by atoms with Gasteiger partial charge in [-0.3, -0.25) is 4.79 Å². The van der Waals surface area contributed by atoms with Crippen LogP contribution in [0.5, 0.6) is 0 Å². The van der Waals surface area contributed by atoms with Gasteiger partial charge in [0.1, 0.15) is 12.1 Å². The fraction of sp³-hybridized carbons (Fsp3) is 0.320. The van der Waals surface area contributed by atoms with Crippen LogP contribution in [0, 0.1) is 5.82 Å². The molecule has 34 heavy (non-hydrogen) atoms. The van der Waals surface area contributed by atoms with Gasteiger partial charge in [-0.1, -0.05) is 38.1 Å². The number of amides is 1. The first kappa shape index (κ1) is 21.9. The molecule has 2 aromatic carbocycles. The Bertz CT molecular complexity index is 1320. The van der Waals surface area contributed by atoms with E-state index in [1.54, 1.807) is 16.8 Å². The summed E-state index contributed by atoms with van der Waals surface area (Å²) >= 11 is 0. The Kier molecular flexibility index (Phi) is 5.47. The zero-order valence-electron chi connectivity index (χ0n) is 19.4. The van der Waals surface area contributed by atoms with E-state index in [9.17, 15) is 9.18 Å². The fourth-order valence-corrected chi connectivity index (χ4v) is 4.14. The largest absolute Gasteiger partial charge is 0.351 e. The van der Waals surface area contributed by atoms with Gasteiger partial charge in [-0.2, -0.15) is 4.68 Å². The molecule has 174 valence electrons. The quantitative estimate of drug-likeness (QED) is 0.466. The number of anilines is 1. The number of hydrogen-bond acceptors (Lipinski definition) is 6. The Labute approximate surface area is 197 Å². The van der Waals surface area contributed by atoms with Crippen LogP contribution in [0.2, 0.25) is 0 Å². The summed E-state index contributed by atoms with van der Waals surface area (Å²) in [5.41, 5.74) is 3.75. The van der Waals surface area contributed by atoms with Crippen LogP contribution in [0.3, 0.4) is 0 Å². The zero-order chi connectivity index (χ0) is 23.9. The standard InChI is InChI=1S/C25H26FN7O/c1-25(2,3)18-6-4-17(5-7-18)24(34)32-14-12-31(13-15-32)22-21-23(28-16-27-22)33(30-29-21)20-10-8-19(26)9-11-20/h4-11,16H,12-15H2,1-3H3. The van der Waals surface area contributed by atoms with Gasteiger partial charge in [0.05, 0.1) is 5.69 Å². The van der Waals surface area contributed by atoms with Gasteiger partial charge in [0.25, 0.3) is 5.91 Å². The van der Waals surface area contributed by atoms with Crippen LogP contribution in [0.1, 0.15) is 36.7 Å². The van der Waals surface area contributed by atoms with Crippen LogP contribution < -0.4 is 4.90 Å². The number of rotatable bonds is 3. The van der Waals surface area contributed by atoms with Crippen molar-refractivity contribution in [3.8, 4) is 5.69 Å². The first-order chi connectivity index (χ1) is 16.3. The highest BCUT2D eigenvalue weighted by atomic mass is 19.1. The molecule has 1 amide bonds. The number of hydrogen-bond donors (Lipinski definition) is 0. The number of carbonyl (C=O) groups is 1. The Morgan fingerprint density at radius 2 is 1.59 bits per heavy atom. The second-order valence-corrected chi connectivity index (χ2v) is 9.45. The number of fused-ring (bicyclic) bond motifs is 1. The van der Waals surface area contributed by atoms with Crippen LogP contribution in [0.4, 0.5) is 10.2 Å². The van der Waals surface area contributed by atoms with Crippen LogP contribution in [-0.4, -0.2) is 61.9 Å². The van der Waals surface area contributed by atoms with Crippen LogP contribution in [0.15, 0.2) is 54.9 Å². The van der Waals surface area contributed by atoms with Crippen LogP contribution >= 0.6 is 0 Å². The molecule has 0 radical (unpaired) electrons. The Hall–Kier alpha value is -3.88. The molecule has 4 aromatic rings. The van der Waals surface area contributed by atoms with Gasteiger partial charge in [-0.25, -0.2) is 14.4 Å². The maximum absolute atomic E-state index is 13.3. The summed E-state index contributed by atoms with van der Waals surface area (Å²) < 4.78 is 14.9. The number of nitrogens with zero attached hydrogens (tertiary/aromatic N) is 7. The zero-order valence-corrected chi connectivity index (χ0v) is 19.4. The molecule has 5 rings (SSSR count). The Balaban J connectivity index is 1.31. The van der Waals surface area contributed by atoms with Gasteiger partial charge in [-0.15, -0.1) is 5.10 Å². The molecule has 1 saturated heterocycles. The molecule has 0 N–H and O–H groups in total. The Morgan fingerprint density at radius 1 is 0.912 bits per heavy atom. The van der Waals surface area contributed by atoms with Crippen molar-refractivity contribution in [1.29, 1.82) is 0 Å². The summed E-state index contributed by atoms with van der Waals surface area (Å²) in [6.07, 6.45) is 1.48. The highest BCUT2D eigenvalue weighted by Gasteiger charge is 2.26. The molecule has 0 saturated carbocycles. The summed E-state index contributed by atoms with van der Waals surface area (Å²) in [6.45, 7) is 8.89. The molecule has 2 aromatic heterocycles. The lowest BCUT2D eigenvalue weighted by Gasteiger charge is -2.35. The molecule has 1 aliphatic rings. The number of carbonyl (C=O) groups excluding carboxylic acids is 1. The Morgan fingerprint density at radius 3 is 2.24 bits per heavy atom. The normalized spacial score (nSPS) is 14.6. The van der Waals surface area contributed by atoms with Gasteiger partial charge < -0.3 is 9.80 Å². The average molecular weight is 460 g/mol. The van der Waals surface area contributed by atoms with Crippen LogP contribution in [-0.2, 0) is 5.41 Å². The van der Waals surface area contributed by atoms with Crippen molar-refractivity contribution >= 4 is 22.9 Å². The molecule has 0 aliphatic carbocycles. The van der Waals surface area contributed by atoms with Crippen molar-refractivity contribution in [2.45, 2.75) is 26.2 Å². The molecule has 0 bridgehead atoms. The summed E-state index contributed by atoms with van der Waals surface area (Å²) in [5, 5.41) is 8.50. The predicted molar refractivity (Wildman–Crippen MR) is 128 cm³/mol. The first-order valence-electron chi connectivity index (χ1n) is 11.3. The summed E-state index contributed by atoms with van der Waals surface area (Å²) in [7, 11) is 0. The summed E-state index contributed by atoms with van der Waals surface area (Å²) in [6, 6.07) is 13.9. The second kappa shape index (κ2) is 8.48. The van der Waals surface area contributed by atoms with Crippen molar-refractivity contribution < 1.29 is 9.18 Å². The lowest BCUT2D eigenvalue weighted by Crippen LogP contribution is -2.49. The van der Waals surface area contributed by atoms with E-state index >= 15 is 0 Å². The number of piperazine rings is 1. The third-order valence-corrected chi connectivity index (χ3v) is 6.15. The SMILES string of the molecule is CC(C)(C)c1ccc(C(=O)N2CCN(c3ncnc4c3nnn4-c3ccc(F)cc3)CC2)cc1. The molecule has 3 heterocycles. The van der Waals surface area contributed by atoms with Gasteiger partial charge in [0, 0.05) is 31.7 Å². The van der Waals surface area contributed by atoms with Gasteiger partial charge in [0.15, 0.2) is 17.0 Å². The summed E-state index contributed by atoms with van der Waals surface area (Å²) in [4.78, 5) is 25.8. The third kappa shape index (κ3) is 4.09. The molecule has 0 atom stereocenters. The molecular formula is C25H26FN7O. The molecule has 9 heteroatoms. The molecule has 0 spiro atoms. The van der Waals surface area contributed by atoms with E-state index in [1.807, 2.05) is 29.2 Å². The van der Waals surface area contributed by atoms with Gasteiger partial charge in [-0.05, 0) is 47.4 Å². The lowest BCUT2D eigenvalue weighted by atomic mass is 9.86. The molecule has 0 unspecified atom stereocenters. The van der Waals surface area contributed by atoms with E-state index in [0.717, 1.165) is 0 Å². The third-order valence-electron chi connectivity index (χ3n) is 6.15. The van der Waals surface area contributed by atoms with Crippen molar-refractivity contribution in [2.75, 3.05) is 31.1 Å². The number of halogens is 1. The first-order valence-corrected chi connectivity index (χ1v) is 11.3. The van der Waals surface area contributed by atoms with Crippen molar-refractivity contribution in [1.82, 2.24) is 29.9 Å². The summed E-state index contributed by atoms with van der Waals surface area (Å²) in [5.74, 6) is 0.399. The lowest BCUT2D eigenvalue weighted by molar-refractivity contribution is 0.0746. The van der Waals surface area contributed by atoms with Gasteiger partial charge in [0.2, 0.25) is 0 Å². The van der Waals surface area contributed by atoms with E-state index in [0.29, 0.717) is 54.4 Å². The average Bonchev–Trinajstić information content (AvgIpc) is 3.28. The number of aromatic nitrogens is 5. The van der Waals surface area contributed by atoms with E-state index in [-0.39, 0.29) is 17.1 Å². The van der Waals surface area contributed by atoms with E-state index in [1.165, 1.54) is 24.0 Å². The second-order valence-electron chi connectivity index (χ2n) is 9.45. The maximum atomic E-state index is 13.3. The highest BCUT2D eigenvalue weighted by Crippen LogP contribution is 2.25. The topological polar surface area (TPSA) is 80.0 Å². The van der Waals surface area contributed by atoms with Gasteiger partial charge >= 0.3 is 0 Å². The van der Waals surface area contributed by atoms with Crippen molar-refractivity contribution in [2.24, 2.45) is 0 Å². The predicted octanol–water partition coefficient (Wildman–Crippen LogP) is 3.61. The van der Waals surface area contributed by atoms with Crippen molar-refractivity contribution in [3.05, 3.63) is 71.8 Å². The molecule has 1 fully saturated rings. The minimum Gasteiger partial charge on any atom is -0.351 e. The monoisotopic (exact) mass is 459 g/mol. The van der Waals surface area contributed by atoms with Crippen LogP contribution in [0.25, 0.3) is 16.9 Å². The minimum absolute atomic E-state index is 0.0372. The molecule has 8 nitrogen and oxygen atoms in total.